The Balaban J connectivity index is 1.63. The second kappa shape index (κ2) is 5.03. The van der Waals surface area contributed by atoms with Crippen LogP contribution in [0.1, 0.15) is 6.42 Å². The van der Waals surface area contributed by atoms with E-state index in [2.05, 4.69) is 10.6 Å². The van der Waals surface area contributed by atoms with Gasteiger partial charge in [-0.3, -0.25) is 9.59 Å². The normalized spacial score (nSPS) is 24.6. The van der Waals surface area contributed by atoms with Crippen LogP contribution in [-0.4, -0.2) is 49.0 Å². The molecule has 3 rings (SSSR count). The number of likely N-dealkylation sites (N-methyl/N-ethyl adjacent to an activating group) is 1. The van der Waals surface area contributed by atoms with Crippen molar-refractivity contribution in [2.75, 3.05) is 25.5 Å². The summed E-state index contributed by atoms with van der Waals surface area (Å²) >= 11 is 0. The molecule has 2 unspecified atom stereocenters. The van der Waals surface area contributed by atoms with Gasteiger partial charge >= 0.3 is 0 Å². The molecule has 1 fully saturated rings. The lowest BCUT2D eigenvalue weighted by atomic mass is 10.2. The van der Waals surface area contributed by atoms with Crippen LogP contribution in [0.15, 0.2) is 24.3 Å². The Kier molecular flexibility index (Phi) is 3.22. The van der Waals surface area contributed by atoms with Crippen LogP contribution in [0.5, 0.6) is 5.75 Å². The van der Waals surface area contributed by atoms with E-state index in [1.54, 1.807) is 11.9 Å². The molecule has 6 nitrogen and oxygen atoms in total. The summed E-state index contributed by atoms with van der Waals surface area (Å²) in [5, 5.41) is 5.92. The highest BCUT2D eigenvalue weighted by Crippen LogP contribution is 2.28. The monoisotopic (exact) mass is 275 g/mol. The second-order valence-corrected chi connectivity index (χ2v) is 5.09. The number of carbonyl (C=O) groups is 2. The van der Waals surface area contributed by atoms with E-state index >= 15 is 0 Å². The van der Waals surface area contributed by atoms with Crippen molar-refractivity contribution in [3.05, 3.63) is 24.3 Å². The van der Waals surface area contributed by atoms with Gasteiger partial charge in [-0.25, -0.2) is 0 Å². The molecule has 1 aromatic rings. The third-order valence-corrected chi connectivity index (χ3v) is 3.67. The number of nitrogens with one attached hydrogen (secondary N) is 2. The first kappa shape index (κ1) is 12.8. The first-order valence-corrected chi connectivity index (χ1v) is 6.70. The molecule has 2 atom stereocenters. The fourth-order valence-electron chi connectivity index (χ4n) is 2.48. The van der Waals surface area contributed by atoms with Gasteiger partial charge in [0.25, 0.3) is 5.91 Å². The average molecular weight is 275 g/mol. The van der Waals surface area contributed by atoms with Gasteiger partial charge in [-0.05, 0) is 18.6 Å². The number of carbonyl (C=O) groups excluding carboxylic acids is 2. The number of likely N-dealkylation sites (tertiary alicyclic amines) is 1. The Bertz CT molecular complexity index is 546. The molecule has 1 saturated heterocycles. The van der Waals surface area contributed by atoms with Crippen molar-refractivity contribution < 1.29 is 14.3 Å². The number of hydrogen-bond acceptors (Lipinski definition) is 4. The number of rotatable bonds is 2. The zero-order valence-corrected chi connectivity index (χ0v) is 11.3. The minimum Gasteiger partial charge on any atom is -0.477 e. The summed E-state index contributed by atoms with van der Waals surface area (Å²) in [5.74, 6) is 0.372. The number of ether oxygens (including phenoxy) is 1. The quantitative estimate of drug-likeness (QED) is 0.809. The van der Waals surface area contributed by atoms with E-state index in [1.807, 2.05) is 24.3 Å². The van der Waals surface area contributed by atoms with Crippen molar-refractivity contribution in [2.24, 2.45) is 0 Å². The molecule has 0 aromatic heterocycles. The number of anilines is 1. The van der Waals surface area contributed by atoms with Gasteiger partial charge in [0.05, 0.1) is 12.2 Å². The molecule has 0 radical (unpaired) electrons. The highest BCUT2D eigenvalue weighted by molar-refractivity contribution is 5.91. The van der Waals surface area contributed by atoms with Gasteiger partial charge in [-0.15, -0.1) is 0 Å². The average Bonchev–Trinajstić information content (AvgIpc) is 2.78. The van der Waals surface area contributed by atoms with E-state index in [0.717, 1.165) is 5.69 Å². The molecule has 6 heteroatoms. The Morgan fingerprint density at radius 3 is 3.00 bits per heavy atom. The van der Waals surface area contributed by atoms with Crippen molar-refractivity contribution >= 4 is 17.5 Å². The number of benzene rings is 1. The molecule has 2 heterocycles. The lowest BCUT2D eigenvalue weighted by Crippen LogP contribution is -2.50. The summed E-state index contributed by atoms with van der Waals surface area (Å²) < 4.78 is 5.67. The van der Waals surface area contributed by atoms with Crippen LogP contribution in [0.25, 0.3) is 0 Å². The lowest BCUT2D eigenvalue weighted by molar-refractivity contribution is -0.134. The number of fused-ring (bicyclic) bond motifs is 1. The van der Waals surface area contributed by atoms with Crippen LogP contribution in [0.2, 0.25) is 0 Å². The minimum absolute atomic E-state index is 0.0393. The van der Waals surface area contributed by atoms with Crippen LogP contribution in [0.3, 0.4) is 0 Å². The topological polar surface area (TPSA) is 70.7 Å². The molecule has 2 aliphatic rings. The van der Waals surface area contributed by atoms with Crippen molar-refractivity contribution in [3.63, 3.8) is 0 Å². The van der Waals surface area contributed by atoms with Gasteiger partial charge in [0.15, 0.2) is 6.10 Å². The first-order valence-electron chi connectivity index (χ1n) is 6.70. The Morgan fingerprint density at radius 1 is 1.45 bits per heavy atom. The summed E-state index contributed by atoms with van der Waals surface area (Å²) in [6.07, 6.45) is 0.0428. The predicted octanol–water partition coefficient (Wildman–Crippen LogP) is 0.206. The maximum absolute atomic E-state index is 12.2. The molecule has 2 aliphatic heterocycles. The number of nitrogens with zero attached hydrogens (tertiary/aromatic N) is 1. The summed E-state index contributed by atoms with van der Waals surface area (Å²) in [5.41, 5.74) is 0.883. The largest absolute Gasteiger partial charge is 0.477 e. The summed E-state index contributed by atoms with van der Waals surface area (Å²) in [7, 11) is 1.74. The standard InChI is InChI=1S/C14H17N3O3/c1-17-7-6-10(14(17)19)16-13(18)12-8-15-9-4-2-3-5-11(9)20-12/h2-5,10,12,15H,6-8H2,1H3,(H,16,18). The van der Waals surface area contributed by atoms with E-state index in [1.165, 1.54) is 0 Å². The second-order valence-electron chi connectivity index (χ2n) is 5.09. The van der Waals surface area contributed by atoms with Crippen LogP contribution in [-0.2, 0) is 9.59 Å². The Morgan fingerprint density at radius 2 is 2.25 bits per heavy atom. The first-order chi connectivity index (χ1) is 9.65. The maximum atomic E-state index is 12.2. The van der Waals surface area contributed by atoms with Gasteiger partial charge in [-0.1, -0.05) is 12.1 Å². The zero-order valence-electron chi connectivity index (χ0n) is 11.3. The van der Waals surface area contributed by atoms with E-state index < -0.39 is 12.1 Å². The predicted molar refractivity (Wildman–Crippen MR) is 73.5 cm³/mol. The smallest absolute Gasteiger partial charge is 0.263 e. The van der Waals surface area contributed by atoms with Crippen LogP contribution < -0.4 is 15.4 Å². The molecule has 0 saturated carbocycles. The fourth-order valence-corrected chi connectivity index (χ4v) is 2.48. The van der Waals surface area contributed by atoms with Crippen LogP contribution in [0, 0.1) is 0 Å². The molecule has 0 spiro atoms. The Hall–Kier alpha value is -2.24. The SMILES string of the molecule is CN1CCC(NC(=O)C2CNc3ccccc3O2)C1=O. The van der Waals surface area contributed by atoms with Gasteiger partial charge in [0.1, 0.15) is 11.8 Å². The lowest BCUT2D eigenvalue weighted by Gasteiger charge is -2.27. The molecule has 106 valence electrons. The van der Waals surface area contributed by atoms with Crippen molar-refractivity contribution in [3.8, 4) is 5.75 Å². The third-order valence-electron chi connectivity index (χ3n) is 3.67. The minimum atomic E-state index is -0.608. The summed E-state index contributed by atoms with van der Waals surface area (Å²) in [6.45, 7) is 1.08. The van der Waals surface area contributed by atoms with E-state index in [9.17, 15) is 9.59 Å². The van der Waals surface area contributed by atoms with Gasteiger partial charge in [-0.2, -0.15) is 0 Å². The molecule has 0 bridgehead atoms. The molecule has 1 aromatic carbocycles. The van der Waals surface area contributed by atoms with Crippen LogP contribution in [0.4, 0.5) is 5.69 Å². The fraction of sp³-hybridized carbons (Fsp3) is 0.429. The van der Waals surface area contributed by atoms with Crippen molar-refractivity contribution in [2.45, 2.75) is 18.6 Å². The number of amides is 2. The summed E-state index contributed by atoms with van der Waals surface area (Å²) in [4.78, 5) is 25.6. The third kappa shape index (κ3) is 2.29. The van der Waals surface area contributed by atoms with E-state index in [4.69, 9.17) is 4.74 Å². The molecular formula is C14H17N3O3. The molecule has 20 heavy (non-hydrogen) atoms. The number of hydrogen-bond donors (Lipinski definition) is 2. The van der Waals surface area contributed by atoms with E-state index in [0.29, 0.717) is 25.3 Å². The summed E-state index contributed by atoms with van der Waals surface area (Å²) in [6, 6.07) is 7.06. The van der Waals surface area contributed by atoms with Gasteiger partial charge in [0.2, 0.25) is 5.91 Å². The van der Waals surface area contributed by atoms with Crippen LogP contribution >= 0.6 is 0 Å². The Labute approximate surface area is 117 Å². The highest BCUT2D eigenvalue weighted by Gasteiger charge is 2.33. The van der Waals surface area contributed by atoms with Gasteiger partial charge < -0.3 is 20.3 Å². The maximum Gasteiger partial charge on any atom is 0.263 e. The highest BCUT2D eigenvalue weighted by atomic mass is 16.5. The molecule has 2 amide bonds. The van der Waals surface area contributed by atoms with E-state index in [-0.39, 0.29) is 11.8 Å². The van der Waals surface area contributed by atoms with Crippen molar-refractivity contribution in [1.29, 1.82) is 0 Å². The van der Waals surface area contributed by atoms with Crippen molar-refractivity contribution in [1.82, 2.24) is 10.2 Å². The zero-order chi connectivity index (χ0) is 14.1. The molecule has 0 aliphatic carbocycles. The molecule has 2 N–H and O–H groups in total. The number of para-hydroxylation sites is 2. The van der Waals surface area contributed by atoms with Gasteiger partial charge in [0, 0.05) is 13.6 Å². The molecular weight excluding hydrogens is 258 g/mol.